The maximum absolute atomic E-state index is 11.8. The van der Waals surface area contributed by atoms with E-state index in [1.807, 2.05) is 11.8 Å². The van der Waals surface area contributed by atoms with Crippen molar-refractivity contribution in [3.8, 4) is 0 Å². The highest BCUT2D eigenvalue weighted by molar-refractivity contribution is 7.99. The molecule has 1 aliphatic rings. The number of hydrogen-bond acceptors (Lipinski definition) is 3. The molecule has 2 atom stereocenters. The zero-order chi connectivity index (χ0) is 11.3. The van der Waals surface area contributed by atoms with Crippen molar-refractivity contribution >= 4 is 17.7 Å². The number of amides is 1. The zero-order valence-electron chi connectivity index (χ0n) is 9.88. The van der Waals surface area contributed by atoms with Crippen molar-refractivity contribution < 1.29 is 4.79 Å². The summed E-state index contributed by atoms with van der Waals surface area (Å²) in [6.07, 6.45) is 1.05. The molecule has 0 aromatic rings. The third-order valence-corrected chi connectivity index (χ3v) is 3.51. The van der Waals surface area contributed by atoms with Crippen LogP contribution in [0.2, 0.25) is 0 Å². The molecular weight excluding hydrogens is 208 g/mol. The van der Waals surface area contributed by atoms with Gasteiger partial charge in [-0.3, -0.25) is 4.79 Å². The molecule has 88 valence electrons. The summed E-state index contributed by atoms with van der Waals surface area (Å²) < 4.78 is 0. The zero-order valence-corrected chi connectivity index (χ0v) is 10.7. The Morgan fingerprint density at radius 2 is 2.27 bits per heavy atom. The molecule has 0 saturated carbocycles. The largest absolute Gasteiger partial charge is 0.352 e. The number of thioether (sulfide) groups is 1. The highest BCUT2D eigenvalue weighted by Gasteiger charge is 2.21. The first-order valence-corrected chi connectivity index (χ1v) is 6.86. The van der Waals surface area contributed by atoms with Crippen LogP contribution in [0.5, 0.6) is 0 Å². The summed E-state index contributed by atoms with van der Waals surface area (Å²) in [5, 5.41) is 6.31. The van der Waals surface area contributed by atoms with Crippen molar-refractivity contribution in [3.63, 3.8) is 0 Å². The third-order valence-electron chi connectivity index (χ3n) is 2.45. The molecule has 3 nitrogen and oxygen atoms in total. The van der Waals surface area contributed by atoms with Crippen LogP contribution in [0.25, 0.3) is 0 Å². The minimum Gasteiger partial charge on any atom is -0.352 e. The van der Waals surface area contributed by atoms with Gasteiger partial charge in [-0.15, -0.1) is 0 Å². The van der Waals surface area contributed by atoms with Crippen LogP contribution >= 0.6 is 11.8 Å². The highest BCUT2D eigenvalue weighted by atomic mass is 32.2. The Morgan fingerprint density at radius 3 is 2.80 bits per heavy atom. The van der Waals surface area contributed by atoms with E-state index in [9.17, 15) is 4.79 Å². The number of carbonyl (C=O) groups is 1. The van der Waals surface area contributed by atoms with Gasteiger partial charge < -0.3 is 10.6 Å². The molecule has 1 saturated heterocycles. The smallest absolute Gasteiger partial charge is 0.238 e. The molecule has 4 heteroatoms. The van der Waals surface area contributed by atoms with Gasteiger partial charge in [0.05, 0.1) is 6.04 Å². The van der Waals surface area contributed by atoms with Crippen molar-refractivity contribution in [1.82, 2.24) is 10.6 Å². The van der Waals surface area contributed by atoms with Crippen LogP contribution in [0.1, 0.15) is 27.2 Å². The summed E-state index contributed by atoms with van der Waals surface area (Å²) >= 11 is 1.85. The minimum atomic E-state index is 0.0124. The average Bonchev–Trinajstić information content (AvgIpc) is 2.17. The fraction of sp³-hybridized carbons (Fsp3) is 0.909. The lowest BCUT2D eigenvalue weighted by Crippen LogP contribution is -2.51. The van der Waals surface area contributed by atoms with Crippen LogP contribution in [0.4, 0.5) is 0 Å². The fourth-order valence-electron chi connectivity index (χ4n) is 1.84. The van der Waals surface area contributed by atoms with Gasteiger partial charge >= 0.3 is 0 Å². The topological polar surface area (TPSA) is 41.1 Å². The molecule has 0 spiro atoms. The van der Waals surface area contributed by atoms with E-state index in [2.05, 4.69) is 31.4 Å². The van der Waals surface area contributed by atoms with E-state index in [1.54, 1.807) is 0 Å². The molecule has 1 heterocycles. The standard InChI is InChI=1S/C11H22N2OS/c1-8(2)6-9(3)13-11(14)10-7-15-5-4-12-10/h8-10,12H,4-7H2,1-3H3,(H,13,14). The van der Waals surface area contributed by atoms with Crippen LogP contribution in [-0.2, 0) is 4.79 Å². The molecule has 2 N–H and O–H groups in total. The number of carbonyl (C=O) groups excluding carboxylic acids is 1. The van der Waals surface area contributed by atoms with Crippen LogP contribution < -0.4 is 10.6 Å². The number of nitrogens with one attached hydrogen (secondary N) is 2. The van der Waals surface area contributed by atoms with Crippen LogP contribution in [-0.4, -0.2) is 36.0 Å². The Hall–Kier alpha value is -0.220. The Balaban J connectivity index is 2.27. The van der Waals surface area contributed by atoms with Gasteiger partial charge in [0.25, 0.3) is 0 Å². The normalized spacial score (nSPS) is 23.9. The monoisotopic (exact) mass is 230 g/mol. The predicted molar refractivity (Wildman–Crippen MR) is 66.2 cm³/mol. The minimum absolute atomic E-state index is 0.0124. The SMILES string of the molecule is CC(C)CC(C)NC(=O)C1CSCCN1. The van der Waals surface area contributed by atoms with E-state index in [-0.39, 0.29) is 18.0 Å². The maximum atomic E-state index is 11.8. The van der Waals surface area contributed by atoms with Gasteiger partial charge in [-0.1, -0.05) is 13.8 Å². The third kappa shape index (κ3) is 4.89. The fourth-order valence-corrected chi connectivity index (χ4v) is 2.78. The predicted octanol–water partition coefficient (Wildman–Crippen LogP) is 1.24. The molecule has 0 aromatic heterocycles. The van der Waals surface area contributed by atoms with Crippen molar-refractivity contribution in [1.29, 1.82) is 0 Å². The Labute approximate surface area is 96.8 Å². The van der Waals surface area contributed by atoms with E-state index in [0.717, 1.165) is 24.5 Å². The summed E-state index contributed by atoms with van der Waals surface area (Å²) in [7, 11) is 0. The molecule has 0 radical (unpaired) electrons. The lowest BCUT2D eigenvalue weighted by Gasteiger charge is -2.24. The van der Waals surface area contributed by atoms with Crippen LogP contribution in [0.15, 0.2) is 0 Å². The van der Waals surface area contributed by atoms with Crippen molar-refractivity contribution in [2.75, 3.05) is 18.1 Å². The molecule has 0 bridgehead atoms. The molecule has 1 amide bonds. The number of rotatable bonds is 4. The molecule has 0 aliphatic carbocycles. The van der Waals surface area contributed by atoms with Crippen molar-refractivity contribution in [3.05, 3.63) is 0 Å². The molecule has 0 aromatic carbocycles. The van der Waals surface area contributed by atoms with Gasteiger partial charge in [-0.05, 0) is 19.3 Å². The van der Waals surface area contributed by atoms with Gasteiger partial charge in [0.15, 0.2) is 0 Å². The maximum Gasteiger partial charge on any atom is 0.238 e. The van der Waals surface area contributed by atoms with Crippen molar-refractivity contribution in [2.45, 2.75) is 39.3 Å². The van der Waals surface area contributed by atoms with Gasteiger partial charge in [0, 0.05) is 24.1 Å². The lowest BCUT2D eigenvalue weighted by molar-refractivity contribution is -0.123. The average molecular weight is 230 g/mol. The van der Waals surface area contributed by atoms with Crippen LogP contribution in [0, 0.1) is 5.92 Å². The van der Waals surface area contributed by atoms with E-state index in [0.29, 0.717) is 5.92 Å². The molecule has 1 aliphatic heterocycles. The van der Waals surface area contributed by atoms with Gasteiger partial charge in [-0.25, -0.2) is 0 Å². The summed E-state index contributed by atoms with van der Waals surface area (Å²) in [6, 6.07) is 0.296. The van der Waals surface area contributed by atoms with E-state index in [1.165, 1.54) is 0 Å². The molecule has 2 unspecified atom stereocenters. The van der Waals surface area contributed by atoms with Gasteiger partial charge in [0.2, 0.25) is 5.91 Å². The lowest BCUT2D eigenvalue weighted by atomic mass is 10.1. The molecule has 15 heavy (non-hydrogen) atoms. The van der Waals surface area contributed by atoms with E-state index < -0.39 is 0 Å². The second-order valence-corrected chi connectivity index (χ2v) is 5.77. The second-order valence-electron chi connectivity index (χ2n) is 4.62. The Bertz CT molecular complexity index is 203. The second kappa shape index (κ2) is 6.38. The Kier molecular flexibility index (Phi) is 5.47. The van der Waals surface area contributed by atoms with Crippen LogP contribution in [0.3, 0.4) is 0 Å². The number of hydrogen-bond donors (Lipinski definition) is 2. The first-order chi connectivity index (χ1) is 7.09. The summed E-state index contributed by atoms with van der Waals surface area (Å²) in [5.41, 5.74) is 0. The summed E-state index contributed by atoms with van der Waals surface area (Å²) in [6.45, 7) is 7.38. The molecule has 1 rings (SSSR count). The summed E-state index contributed by atoms with van der Waals surface area (Å²) in [5.74, 6) is 2.82. The van der Waals surface area contributed by atoms with E-state index >= 15 is 0 Å². The van der Waals surface area contributed by atoms with Gasteiger partial charge in [0.1, 0.15) is 0 Å². The van der Waals surface area contributed by atoms with Gasteiger partial charge in [-0.2, -0.15) is 11.8 Å². The molecular formula is C11H22N2OS. The first kappa shape index (κ1) is 12.8. The summed E-state index contributed by atoms with van der Waals surface area (Å²) in [4.78, 5) is 11.8. The Morgan fingerprint density at radius 1 is 1.53 bits per heavy atom. The quantitative estimate of drug-likeness (QED) is 0.763. The van der Waals surface area contributed by atoms with E-state index in [4.69, 9.17) is 0 Å². The molecule has 1 fully saturated rings. The van der Waals surface area contributed by atoms with Crippen molar-refractivity contribution in [2.24, 2.45) is 5.92 Å². The highest BCUT2D eigenvalue weighted by Crippen LogP contribution is 2.09. The first-order valence-electron chi connectivity index (χ1n) is 5.71.